The van der Waals surface area contributed by atoms with Crippen molar-refractivity contribution in [2.24, 2.45) is 5.73 Å². The van der Waals surface area contributed by atoms with E-state index in [1.165, 1.54) is 11.1 Å². The van der Waals surface area contributed by atoms with Crippen LogP contribution in [0.4, 0.5) is 0 Å². The third-order valence-corrected chi connectivity index (χ3v) is 3.64. The molecule has 3 nitrogen and oxygen atoms in total. The molecule has 102 valence electrons. The highest BCUT2D eigenvalue weighted by molar-refractivity contribution is 9.10. The van der Waals surface area contributed by atoms with Crippen molar-refractivity contribution in [1.29, 1.82) is 0 Å². The molecule has 0 aliphatic rings. The van der Waals surface area contributed by atoms with Gasteiger partial charge in [0.2, 0.25) is 0 Å². The number of hydrogen-bond donors (Lipinski definition) is 1. The molecule has 1 aromatic carbocycles. The molecule has 0 radical (unpaired) electrons. The molecule has 0 fully saturated rings. The number of rotatable bonds is 7. The van der Waals surface area contributed by atoms with Gasteiger partial charge in [-0.25, -0.2) is 0 Å². The molecule has 0 spiro atoms. The van der Waals surface area contributed by atoms with Crippen LogP contribution in [-0.4, -0.2) is 20.8 Å². The fourth-order valence-electron chi connectivity index (χ4n) is 2.17. The Hall–Kier alpha value is -0.740. The molecule has 18 heavy (non-hydrogen) atoms. The second-order valence-electron chi connectivity index (χ2n) is 4.16. The molecule has 1 rings (SSSR count). The van der Waals surface area contributed by atoms with Gasteiger partial charge in [0.15, 0.2) is 11.5 Å². The van der Waals surface area contributed by atoms with Gasteiger partial charge in [-0.15, -0.1) is 0 Å². The van der Waals surface area contributed by atoms with Gasteiger partial charge in [0.1, 0.15) is 0 Å². The van der Waals surface area contributed by atoms with E-state index in [-0.39, 0.29) is 0 Å². The first-order valence-electron chi connectivity index (χ1n) is 6.31. The lowest BCUT2D eigenvalue weighted by Gasteiger charge is -2.17. The summed E-state index contributed by atoms with van der Waals surface area (Å²) < 4.78 is 11.9. The van der Waals surface area contributed by atoms with E-state index in [4.69, 9.17) is 15.2 Å². The SMILES string of the molecule is CCc1c(CCCCN)cc(Br)c(OC)c1OC. The lowest BCUT2D eigenvalue weighted by molar-refractivity contribution is 0.349. The third kappa shape index (κ3) is 3.39. The first-order valence-corrected chi connectivity index (χ1v) is 7.11. The summed E-state index contributed by atoms with van der Waals surface area (Å²) in [5.41, 5.74) is 8.09. The van der Waals surface area contributed by atoms with Crippen LogP contribution in [0.2, 0.25) is 0 Å². The van der Waals surface area contributed by atoms with E-state index >= 15 is 0 Å². The molecular formula is C14H22BrNO2. The Morgan fingerprint density at radius 3 is 2.33 bits per heavy atom. The number of unbranched alkanes of at least 4 members (excludes halogenated alkanes) is 1. The van der Waals surface area contributed by atoms with Crippen LogP contribution in [0.1, 0.15) is 30.9 Å². The highest BCUT2D eigenvalue weighted by Gasteiger charge is 2.17. The molecule has 0 bridgehead atoms. The summed E-state index contributed by atoms with van der Waals surface area (Å²) in [5.74, 6) is 1.62. The normalized spacial score (nSPS) is 10.5. The van der Waals surface area contributed by atoms with Crippen LogP contribution >= 0.6 is 15.9 Å². The summed E-state index contributed by atoms with van der Waals surface area (Å²) in [6.07, 6.45) is 4.12. The Bertz CT molecular complexity index is 394. The largest absolute Gasteiger partial charge is 0.493 e. The Balaban J connectivity index is 3.13. The van der Waals surface area contributed by atoms with E-state index < -0.39 is 0 Å². The average molecular weight is 316 g/mol. The monoisotopic (exact) mass is 315 g/mol. The number of benzene rings is 1. The highest BCUT2D eigenvalue weighted by Crippen LogP contribution is 2.40. The van der Waals surface area contributed by atoms with E-state index in [2.05, 4.69) is 28.9 Å². The van der Waals surface area contributed by atoms with Crippen LogP contribution in [0.25, 0.3) is 0 Å². The molecule has 0 atom stereocenters. The number of ether oxygens (including phenoxy) is 2. The maximum Gasteiger partial charge on any atom is 0.175 e. The zero-order valence-electron chi connectivity index (χ0n) is 11.4. The van der Waals surface area contributed by atoms with E-state index in [1.54, 1.807) is 14.2 Å². The minimum absolute atomic E-state index is 0.746. The average Bonchev–Trinajstić information content (AvgIpc) is 2.38. The minimum Gasteiger partial charge on any atom is -0.493 e. The van der Waals surface area contributed by atoms with Crippen LogP contribution in [0.3, 0.4) is 0 Å². The molecule has 0 aromatic heterocycles. The van der Waals surface area contributed by atoms with Crippen LogP contribution in [-0.2, 0) is 12.8 Å². The number of nitrogens with two attached hydrogens (primary N) is 1. The standard InChI is InChI=1S/C14H22BrNO2/c1-4-11-10(7-5-6-8-16)9-12(15)14(18-3)13(11)17-2/h9H,4-8,16H2,1-3H3. The molecule has 0 saturated carbocycles. The van der Waals surface area contributed by atoms with Gasteiger partial charge in [-0.3, -0.25) is 0 Å². The van der Waals surface area contributed by atoms with Crippen molar-refractivity contribution >= 4 is 15.9 Å². The van der Waals surface area contributed by atoms with Gasteiger partial charge in [0.05, 0.1) is 18.7 Å². The van der Waals surface area contributed by atoms with Crippen molar-refractivity contribution in [2.75, 3.05) is 20.8 Å². The van der Waals surface area contributed by atoms with Crippen LogP contribution in [0.5, 0.6) is 11.5 Å². The lowest BCUT2D eigenvalue weighted by Crippen LogP contribution is -2.03. The van der Waals surface area contributed by atoms with Crippen LogP contribution < -0.4 is 15.2 Å². The fourth-order valence-corrected chi connectivity index (χ4v) is 2.79. The molecule has 2 N–H and O–H groups in total. The van der Waals surface area contributed by atoms with Crippen molar-refractivity contribution in [3.05, 3.63) is 21.7 Å². The quantitative estimate of drug-likeness (QED) is 0.785. The predicted molar refractivity (Wildman–Crippen MR) is 78.6 cm³/mol. The van der Waals surface area contributed by atoms with E-state index in [1.807, 2.05) is 0 Å². The van der Waals surface area contributed by atoms with Gasteiger partial charge < -0.3 is 15.2 Å². The number of aryl methyl sites for hydroxylation is 1. The van der Waals surface area contributed by atoms with E-state index in [9.17, 15) is 0 Å². The maximum absolute atomic E-state index is 5.54. The smallest absolute Gasteiger partial charge is 0.175 e. The molecule has 0 saturated heterocycles. The summed E-state index contributed by atoms with van der Waals surface area (Å²) in [7, 11) is 3.35. The van der Waals surface area contributed by atoms with Gasteiger partial charge >= 0.3 is 0 Å². The fraction of sp³-hybridized carbons (Fsp3) is 0.571. The van der Waals surface area contributed by atoms with Crippen molar-refractivity contribution in [3.8, 4) is 11.5 Å². The van der Waals surface area contributed by atoms with Gasteiger partial charge in [-0.2, -0.15) is 0 Å². The van der Waals surface area contributed by atoms with Crippen LogP contribution in [0.15, 0.2) is 10.5 Å². The second kappa shape index (κ2) is 7.64. The van der Waals surface area contributed by atoms with Crippen LogP contribution in [0, 0.1) is 0 Å². The Morgan fingerprint density at radius 1 is 1.17 bits per heavy atom. The molecule has 0 aliphatic heterocycles. The molecule has 0 aliphatic carbocycles. The minimum atomic E-state index is 0.746. The van der Waals surface area contributed by atoms with E-state index in [0.717, 1.165) is 48.2 Å². The van der Waals surface area contributed by atoms with E-state index in [0.29, 0.717) is 0 Å². The first-order chi connectivity index (χ1) is 8.69. The molecule has 4 heteroatoms. The first kappa shape index (κ1) is 15.3. The number of methoxy groups -OCH3 is 2. The van der Waals surface area contributed by atoms with Crippen molar-refractivity contribution in [3.63, 3.8) is 0 Å². The molecule has 0 unspecified atom stereocenters. The molecule has 0 heterocycles. The highest BCUT2D eigenvalue weighted by atomic mass is 79.9. The van der Waals surface area contributed by atoms with Crippen molar-refractivity contribution < 1.29 is 9.47 Å². The zero-order valence-corrected chi connectivity index (χ0v) is 13.0. The summed E-state index contributed by atoms with van der Waals surface area (Å²) >= 11 is 3.54. The Kier molecular flexibility index (Phi) is 6.50. The van der Waals surface area contributed by atoms with Crippen molar-refractivity contribution in [1.82, 2.24) is 0 Å². The summed E-state index contributed by atoms with van der Waals surface area (Å²) in [6, 6.07) is 2.14. The second-order valence-corrected chi connectivity index (χ2v) is 5.02. The number of halogens is 1. The van der Waals surface area contributed by atoms with Gasteiger partial charge in [0.25, 0.3) is 0 Å². The molecule has 1 aromatic rings. The summed E-state index contributed by atoms with van der Waals surface area (Å²) in [4.78, 5) is 0. The zero-order chi connectivity index (χ0) is 13.5. The van der Waals surface area contributed by atoms with Crippen molar-refractivity contribution in [2.45, 2.75) is 32.6 Å². The Labute approximate surface area is 118 Å². The predicted octanol–water partition coefficient (Wildman–Crippen LogP) is 3.31. The summed E-state index contributed by atoms with van der Waals surface area (Å²) in [6.45, 7) is 2.88. The van der Waals surface area contributed by atoms with Gasteiger partial charge in [0, 0.05) is 5.56 Å². The van der Waals surface area contributed by atoms with Gasteiger partial charge in [-0.05, 0) is 59.8 Å². The lowest BCUT2D eigenvalue weighted by atomic mass is 9.98. The number of hydrogen-bond acceptors (Lipinski definition) is 3. The molecule has 0 amide bonds. The molecular weight excluding hydrogens is 294 g/mol. The summed E-state index contributed by atoms with van der Waals surface area (Å²) in [5, 5.41) is 0. The van der Waals surface area contributed by atoms with Gasteiger partial charge in [-0.1, -0.05) is 6.92 Å². The maximum atomic E-state index is 5.54. The third-order valence-electron chi connectivity index (χ3n) is 3.05. The topological polar surface area (TPSA) is 44.5 Å². The Morgan fingerprint density at radius 2 is 1.83 bits per heavy atom.